The number of benzene rings is 3. The summed E-state index contributed by atoms with van der Waals surface area (Å²) in [5, 5.41) is 0. The molecule has 0 aliphatic carbocycles. The van der Waals surface area contributed by atoms with Crippen molar-refractivity contribution in [3.63, 3.8) is 0 Å². The summed E-state index contributed by atoms with van der Waals surface area (Å²) in [6.45, 7) is 2.11. The molecule has 0 atom stereocenters. The van der Waals surface area contributed by atoms with Gasteiger partial charge in [0.25, 0.3) is 0 Å². The number of esters is 2. The second-order valence-electron chi connectivity index (χ2n) is 8.15. The smallest absolute Gasteiger partial charge is 0.356 e. The van der Waals surface area contributed by atoms with Gasteiger partial charge < -0.3 is 9.47 Å². The molecule has 1 fully saturated rings. The van der Waals surface area contributed by atoms with Gasteiger partial charge in [-0.1, -0.05) is 66.7 Å². The van der Waals surface area contributed by atoms with Gasteiger partial charge in [-0.3, -0.25) is 9.80 Å². The Labute approximate surface area is 192 Å². The highest BCUT2D eigenvalue weighted by atomic mass is 16.8. The van der Waals surface area contributed by atoms with Crippen molar-refractivity contribution >= 4 is 17.6 Å². The topological polar surface area (TPSA) is 59.1 Å². The molecule has 3 aromatic rings. The van der Waals surface area contributed by atoms with E-state index in [0.29, 0.717) is 13.1 Å². The van der Waals surface area contributed by atoms with Crippen molar-refractivity contribution in [3.05, 3.63) is 103 Å². The fourth-order valence-electron chi connectivity index (χ4n) is 4.38. The summed E-state index contributed by atoms with van der Waals surface area (Å²) in [4.78, 5) is 28.7. The molecule has 0 unspecified atom stereocenters. The van der Waals surface area contributed by atoms with Crippen LogP contribution in [-0.4, -0.2) is 42.4 Å². The Hall–Kier alpha value is -3.90. The second-order valence-corrected chi connectivity index (χ2v) is 8.15. The van der Waals surface area contributed by atoms with Crippen LogP contribution < -0.4 is 4.90 Å². The molecule has 0 N–H and O–H groups in total. The average molecular weight is 440 g/mol. The number of hydrogen-bond donors (Lipinski definition) is 0. The lowest BCUT2D eigenvalue weighted by molar-refractivity contribution is -0.232. The molecule has 0 saturated carbocycles. The minimum Gasteiger partial charge on any atom is -0.399 e. The van der Waals surface area contributed by atoms with Crippen LogP contribution in [0, 0.1) is 0 Å². The standard InChI is InChI=1S/C27H24N2O4/c30-25-14-15-26(31)33-27(32-25)20-28(16-17-29(27)24-12-5-2-6-13-24)19-21-8-7-11-23(18-21)22-9-3-1-4-10-22/h1-15,18H,16-17,19-20H2. The Kier molecular flexibility index (Phi) is 5.67. The SMILES string of the molecule is O=C1C=CC(=O)OC2(CN(Cc3cccc(-c4ccccc4)c3)CCN2c2ccccc2)O1. The van der Waals surface area contributed by atoms with Gasteiger partial charge in [0.05, 0.1) is 6.54 Å². The maximum absolute atomic E-state index is 12.4. The Bertz CT molecular complexity index is 1160. The summed E-state index contributed by atoms with van der Waals surface area (Å²) < 4.78 is 11.5. The number of piperazine rings is 1. The van der Waals surface area contributed by atoms with E-state index in [-0.39, 0.29) is 6.54 Å². The van der Waals surface area contributed by atoms with Gasteiger partial charge in [-0.05, 0) is 34.9 Å². The molecule has 2 heterocycles. The van der Waals surface area contributed by atoms with Gasteiger partial charge in [0.15, 0.2) is 0 Å². The molecule has 166 valence electrons. The van der Waals surface area contributed by atoms with E-state index in [1.807, 2.05) is 59.5 Å². The maximum atomic E-state index is 12.4. The van der Waals surface area contributed by atoms with E-state index in [1.54, 1.807) is 0 Å². The summed E-state index contributed by atoms with van der Waals surface area (Å²) in [7, 11) is 0. The third-order valence-corrected chi connectivity index (χ3v) is 5.86. The fourth-order valence-corrected chi connectivity index (χ4v) is 4.38. The molecule has 5 rings (SSSR count). The minimum absolute atomic E-state index is 0.233. The summed E-state index contributed by atoms with van der Waals surface area (Å²) >= 11 is 0. The minimum atomic E-state index is -1.53. The largest absolute Gasteiger partial charge is 0.399 e. The molecule has 33 heavy (non-hydrogen) atoms. The van der Waals surface area contributed by atoms with Crippen LogP contribution in [0.1, 0.15) is 5.56 Å². The zero-order valence-electron chi connectivity index (χ0n) is 18.1. The zero-order chi connectivity index (χ0) is 22.7. The van der Waals surface area contributed by atoms with Gasteiger partial charge in [-0.2, -0.15) is 0 Å². The monoisotopic (exact) mass is 440 g/mol. The van der Waals surface area contributed by atoms with Crippen LogP contribution in [0.3, 0.4) is 0 Å². The van der Waals surface area contributed by atoms with Crippen LogP contribution in [0.5, 0.6) is 0 Å². The fraction of sp³-hybridized carbons (Fsp3) is 0.185. The molecule has 6 heteroatoms. The predicted octanol–water partition coefficient (Wildman–Crippen LogP) is 3.99. The molecule has 1 saturated heterocycles. The number of nitrogens with zero attached hydrogens (tertiary/aromatic N) is 2. The third-order valence-electron chi connectivity index (χ3n) is 5.86. The van der Waals surface area contributed by atoms with Gasteiger partial charge >= 0.3 is 17.8 Å². The summed E-state index contributed by atoms with van der Waals surface area (Å²) in [6.07, 6.45) is 2.23. The van der Waals surface area contributed by atoms with Gasteiger partial charge in [0.1, 0.15) is 0 Å². The molecule has 0 aromatic heterocycles. The van der Waals surface area contributed by atoms with Crippen LogP contribution in [0.4, 0.5) is 5.69 Å². The second kappa shape index (κ2) is 8.92. The van der Waals surface area contributed by atoms with Crippen molar-refractivity contribution < 1.29 is 19.1 Å². The number of carbonyl (C=O) groups excluding carboxylic acids is 2. The van der Waals surface area contributed by atoms with Gasteiger partial charge in [-0.15, -0.1) is 0 Å². The maximum Gasteiger partial charge on any atom is 0.356 e. The molecule has 0 amide bonds. The van der Waals surface area contributed by atoms with Gasteiger partial charge in [0, 0.05) is 37.5 Å². The van der Waals surface area contributed by atoms with E-state index >= 15 is 0 Å². The molecule has 2 aliphatic rings. The molecular formula is C27H24N2O4. The molecule has 1 spiro atoms. The van der Waals surface area contributed by atoms with E-state index in [4.69, 9.17) is 9.47 Å². The number of anilines is 1. The van der Waals surface area contributed by atoms with Crippen LogP contribution >= 0.6 is 0 Å². The van der Waals surface area contributed by atoms with E-state index in [1.165, 1.54) is 0 Å². The van der Waals surface area contributed by atoms with Crippen molar-refractivity contribution in [3.8, 4) is 11.1 Å². The van der Waals surface area contributed by atoms with Crippen molar-refractivity contribution in [2.45, 2.75) is 12.5 Å². The average Bonchev–Trinajstić information content (AvgIpc) is 2.98. The first-order valence-electron chi connectivity index (χ1n) is 10.9. The lowest BCUT2D eigenvalue weighted by Crippen LogP contribution is -2.66. The van der Waals surface area contributed by atoms with E-state index < -0.39 is 17.8 Å². The van der Waals surface area contributed by atoms with Crippen molar-refractivity contribution in [2.24, 2.45) is 0 Å². The number of carbonyl (C=O) groups is 2. The lowest BCUT2D eigenvalue weighted by atomic mass is 10.0. The van der Waals surface area contributed by atoms with E-state index in [0.717, 1.165) is 41.1 Å². The Morgan fingerprint density at radius 2 is 1.36 bits per heavy atom. The third kappa shape index (κ3) is 4.52. The first kappa shape index (κ1) is 21.0. The first-order chi connectivity index (χ1) is 16.1. The van der Waals surface area contributed by atoms with Crippen molar-refractivity contribution in [2.75, 3.05) is 24.5 Å². The first-order valence-corrected chi connectivity index (χ1v) is 10.9. The normalized spacial score (nSPS) is 18.0. The van der Waals surface area contributed by atoms with Gasteiger partial charge in [0.2, 0.25) is 0 Å². The molecule has 2 aliphatic heterocycles. The molecule has 6 nitrogen and oxygen atoms in total. The quantitative estimate of drug-likeness (QED) is 0.572. The molecular weight excluding hydrogens is 416 g/mol. The molecule has 0 radical (unpaired) electrons. The summed E-state index contributed by atoms with van der Waals surface area (Å²) in [5.74, 6) is -2.74. The van der Waals surface area contributed by atoms with E-state index in [2.05, 4.69) is 35.2 Å². The van der Waals surface area contributed by atoms with E-state index in [9.17, 15) is 9.59 Å². The highest BCUT2D eigenvalue weighted by Gasteiger charge is 2.50. The number of rotatable bonds is 4. The van der Waals surface area contributed by atoms with Gasteiger partial charge in [-0.25, -0.2) is 9.59 Å². The summed E-state index contributed by atoms with van der Waals surface area (Å²) in [6, 6.07) is 28.2. The molecule has 3 aromatic carbocycles. The van der Waals surface area contributed by atoms with Crippen molar-refractivity contribution in [1.82, 2.24) is 4.90 Å². The Morgan fingerprint density at radius 1 is 0.727 bits per heavy atom. The molecule has 0 bridgehead atoms. The van der Waals surface area contributed by atoms with Crippen LogP contribution in [-0.2, 0) is 25.6 Å². The summed E-state index contributed by atoms with van der Waals surface area (Å²) in [5.41, 5.74) is 4.25. The highest BCUT2D eigenvalue weighted by molar-refractivity contribution is 5.93. The van der Waals surface area contributed by atoms with Crippen LogP contribution in [0.15, 0.2) is 97.1 Å². The number of ether oxygens (including phenoxy) is 2. The van der Waals surface area contributed by atoms with Crippen molar-refractivity contribution in [1.29, 1.82) is 0 Å². The lowest BCUT2D eigenvalue weighted by Gasteiger charge is -2.48. The van der Waals surface area contributed by atoms with Crippen LogP contribution in [0.25, 0.3) is 11.1 Å². The number of hydrogen-bond acceptors (Lipinski definition) is 6. The van der Waals surface area contributed by atoms with Crippen LogP contribution in [0.2, 0.25) is 0 Å². The Balaban J connectivity index is 1.42. The zero-order valence-corrected chi connectivity index (χ0v) is 18.1. The Morgan fingerprint density at radius 3 is 2.06 bits per heavy atom. The predicted molar refractivity (Wildman–Crippen MR) is 125 cm³/mol. The number of para-hydroxylation sites is 1. The highest BCUT2D eigenvalue weighted by Crippen LogP contribution is 2.33.